The molecule has 1 N–H and O–H groups in total. The van der Waals surface area contributed by atoms with Gasteiger partial charge >= 0.3 is 0 Å². The fourth-order valence-electron chi connectivity index (χ4n) is 3.19. The van der Waals surface area contributed by atoms with Crippen LogP contribution in [0.25, 0.3) is 0 Å². The highest BCUT2D eigenvalue weighted by molar-refractivity contribution is 5.53. The zero-order valence-corrected chi connectivity index (χ0v) is 10.7. The first-order valence-corrected chi connectivity index (χ1v) is 7.15. The second-order valence-electron chi connectivity index (χ2n) is 5.78. The maximum atomic E-state index is 5.54. The lowest BCUT2D eigenvalue weighted by Gasteiger charge is -2.17. The fourth-order valence-corrected chi connectivity index (χ4v) is 3.19. The van der Waals surface area contributed by atoms with Crippen molar-refractivity contribution in [2.24, 2.45) is 0 Å². The molecule has 0 aromatic heterocycles. The SMILES string of the molecule is c1cc2c(cc1NC1CCN(C3CC3)C1)CCO2. The van der Waals surface area contributed by atoms with Gasteiger partial charge in [0.2, 0.25) is 0 Å². The molecule has 2 fully saturated rings. The zero-order valence-electron chi connectivity index (χ0n) is 10.7. The molecule has 1 saturated heterocycles. The topological polar surface area (TPSA) is 24.5 Å². The Bertz CT molecular complexity index is 456. The van der Waals surface area contributed by atoms with E-state index in [1.807, 2.05) is 0 Å². The van der Waals surface area contributed by atoms with Crippen LogP contribution in [0.15, 0.2) is 18.2 Å². The minimum atomic E-state index is 0.631. The van der Waals surface area contributed by atoms with Gasteiger partial charge in [0, 0.05) is 37.3 Å². The number of benzene rings is 1. The second-order valence-corrected chi connectivity index (χ2v) is 5.78. The van der Waals surface area contributed by atoms with E-state index in [9.17, 15) is 0 Å². The molecule has 1 unspecified atom stereocenters. The van der Waals surface area contributed by atoms with Crippen molar-refractivity contribution < 1.29 is 4.74 Å². The third kappa shape index (κ3) is 1.97. The average Bonchev–Trinajstić information content (AvgIpc) is 2.95. The third-order valence-electron chi connectivity index (χ3n) is 4.34. The highest BCUT2D eigenvalue weighted by atomic mass is 16.5. The summed E-state index contributed by atoms with van der Waals surface area (Å²) in [6.45, 7) is 3.34. The van der Waals surface area contributed by atoms with E-state index in [0.717, 1.165) is 24.8 Å². The molecule has 2 aliphatic heterocycles. The monoisotopic (exact) mass is 244 g/mol. The summed E-state index contributed by atoms with van der Waals surface area (Å²) in [6.07, 6.45) is 5.18. The van der Waals surface area contributed by atoms with E-state index in [-0.39, 0.29) is 0 Å². The Hall–Kier alpha value is -1.22. The highest BCUT2D eigenvalue weighted by Gasteiger charge is 2.34. The molecule has 1 saturated carbocycles. The maximum Gasteiger partial charge on any atom is 0.122 e. The van der Waals surface area contributed by atoms with E-state index >= 15 is 0 Å². The van der Waals surface area contributed by atoms with Gasteiger partial charge in [-0.05, 0) is 43.0 Å². The van der Waals surface area contributed by atoms with Gasteiger partial charge in [-0.3, -0.25) is 4.90 Å². The number of hydrogen-bond acceptors (Lipinski definition) is 3. The van der Waals surface area contributed by atoms with Crippen LogP contribution < -0.4 is 10.1 Å². The molecule has 3 aliphatic rings. The van der Waals surface area contributed by atoms with E-state index in [1.54, 1.807) is 0 Å². The van der Waals surface area contributed by atoms with Gasteiger partial charge in [-0.1, -0.05) is 0 Å². The molecule has 4 rings (SSSR count). The lowest BCUT2D eigenvalue weighted by molar-refractivity contribution is 0.326. The molecule has 1 aromatic rings. The summed E-state index contributed by atoms with van der Waals surface area (Å²) in [7, 11) is 0. The van der Waals surface area contributed by atoms with Crippen molar-refractivity contribution in [3.63, 3.8) is 0 Å². The molecule has 1 atom stereocenters. The molecule has 18 heavy (non-hydrogen) atoms. The van der Waals surface area contributed by atoms with Gasteiger partial charge in [-0.25, -0.2) is 0 Å². The molecule has 1 aromatic carbocycles. The van der Waals surface area contributed by atoms with E-state index in [2.05, 4.69) is 28.4 Å². The van der Waals surface area contributed by atoms with E-state index in [1.165, 1.54) is 43.6 Å². The predicted octanol–water partition coefficient (Wildman–Crippen LogP) is 2.27. The van der Waals surface area contributed by atoms with E-state index in [4.69, 9.17) is 4.74 Å². The van der Waals surface area contributed by atoms with Crippen molar-refractivity contribution in [3.05, 3.63) is 23.8 Å². The van der Waals surface area contributed by atoms with Crippen LogP contribution in [-0.2, 0) is 6.42 Å². The van der Waals surface area contributed by atoms with Crippen molar-refractivity contribution in [1.82, 2.24) is 4.90 Å². The molecule has 0 amide bonds. The Kier molecular flexibility index (Phi) is 2.47. The summed E-state index contributed by atoms with van der Waals surface area (Å²) < 4.78 is 5.54. The van der Waals surface area contributed by atoms with Crippen LogP contribution in [-0.4, -0.2) is 36.7 Å². The number of anilines is 1. The number of fused-ring (bicyclic) bond motifs is 1. The number of hydrogen-bond donors (Lipinski definition) is 1. The lowest BCUT2D eigenvalue weighted by atomic mass is 10.1. The summed E-state index contributed by atoms with van der Waals surface area (Å²) >= 11 is 0. The van der Waals surface area contributed by atoms with Crippen LogP contribution in [0.1, 0.15) is 24.8 Å². The van der Waals surface area contributed by atoms with E-state index < -0.39 is 0 Å². The molecule has 0 spiro atoms. The van der Waals surface area contributed by atoms with Crippen molar-refractivity contribution in [1.29, 1.82) is 0 Å². The number of rotatable bonds is 3. The molecule has 0 radical (unpaired) electrons. The van der Waals surface area contributed by atoms with Crippen molar-refractivity contribution >= 4 is 5.69 Å². The summed E-state index contributed by atoms with van der Waals surface area (Å²) in [6, 6.07) is 8.07. The Morgan fingerprint density at radius 3 is 3.06 bits per heavy atom. The quantitative estimate of drug-likeness (QED) is 0.882. The Morgan fingerprint density at radius 2 is 2.17 bits per heavy atom. The Labute approximate surface area is 108 Å². The van der Waals surface area contributed by atoms with Gasteiger partial charge in [-0.15, -0.1) is 0 Å². The second kappa shape index (κ2) is 4.16. The summed E-state index contributed by atoms with van der Waals surface area (Å²) in [4.78, 5) is 2.65. The van der Waals surface area contributed by atoms with Gasteiger partial charge in [-0.2, -0.15) is 0 Å². The minimum absolute atomic E-state index is 0.631. The average molecular weight is 244 g/mol. The molecule has 3 heteroatoms. The largest absolute Gasteiger partial charge is 0.493 e. The molecule has 0 bridgehead atoms. The highest BCUT2D eigenvalue weighted by Crippen LogP contribution is 2.32. The minimum Gasteiger partial charge on any atom is -0.493 e. The van der Waals surface area contributed by atoms with Gasteiger partial charge in [0.25, 0.3) is 0 Å². The fraction of sp³-hybridized carbons (Fsp3) is 0.600. The van der Waals surface area contributed by atoms with Crippen LogP contribution in [0.4, 0.5) is 5.69 Å². The zero-order chi connectivity index (χ0) is 11.9. The number of ether oxygens (including phenoxy) is 1. The lowest BCUT2D eigenvalue weighted by Crippen LogP contribution is -2.27. The van der Waals surface area contributed by atoms with Crippen LogP contribution in [0.3, 0.4) is 0 Å². The first-order valence-electron chi connectivity index (χ1n) is 7.15. The van der Waals surface area contributed by atoms with Crippen LogP contribution in [0, 0.1) is 0 Å². The van der Waals surface area contributed by atoms with Crippen LogP contribution in [0.2, 0.25) is 0 Å². The van der Waals surface area contributed by atoms with Crippen molar-refractivity contribution in [2.75, 3.05) is 25.0 Å². The van der Waals surface area contributed by atoms with Crippen LogP contribution >= 0.6 is 0 Å². The van der Waals surface area contributed by atoms with Crippen molar-refractivity contribution in [3.8, 4) is 5.75 Å². The first-order chi connectivity index (χ1) is 8.88. The molecule has 96 valence electrons. The van der Waals surface area contributed by atoms with Crippen molar-refractivity contribution in [2.45, 2.75) is 37.8 Å². The summed E-state index contributed by atoms with van der Waals surface area (Å²) in [5, 5.41) is 3.69. The Morgan fingerprint density at radius 1 is 1.22 bits per heavy atom. The standard InChI is InChI=1S/C15H20N2O/c1-4-15-11(6-8-18-15)9-12(1)16-13-5-7-17(10-13)14-2-3-14/h1,4,9,13-14,16H,2-3,5-8,10H2. The van der Waals surface area contributed by atoms with Gasteiger partial charge in [0.1, 0.15) is 5.75 Å². The number of nitrogens with zero attached hydrogens (tertiary/aromatic N) is 1. The van der Waals surface area contributed by atoms with Gasteiger partial charge < -0.3 is 10.1 Å². The van der Waals surface area contributed by atoms with Gasteiger partial charge in [0.05, 0.1) is 6.61 Å². The molecular formula is C15H20N2O. The maximum absolute atomic E-state index is 5.54. The number of nitrogens with one attached hydrogen (secondary N) is 1. The molecule has 2 heterocycles. The Balaban J connectivity index is 1.42. The summed E-state index contributed by atoms with van der Waals surface area (Å²) in [5.41, 5.74) is 2.62. The predicted molar refractivity (Wildman–Crippen MR) is 72.3 cm³/mol. The first kappa shape index (κ1) is 10.7. The summed E-state index contributed by atoms with van der Waals surface area (Å²) in [5.74, 6) is 1.08. The normalized spacial score (nSPS) is 27.0. The molecular weight excluding hydrogens is 224 g/mol. The number of likely N-dealkylation sites (tertiary alicyclic amines) is 1. The van der Waals surface area contributed by atoms with Gasteiger partial charge in [0.15, 0.2) is 0 Å². The molecule has 1 aliphatic carbocycles. The third-order valence-corrected chi connectivity index (χ3v) is 4.34. The smallest absolute Gasteiger partial charge is 0.122 e. The van der Waals surface area contributed by atoms with E-state index in [0.29, 0.717) is 6.04 Å². The molecule has 3 nitrogen and oxygen atoms in total. The van der Waals surface area contributed by atoms with Crippen LogP contribution in [0.5, 0.6) is 5.75 Å².